The van der Waals surface area contributed by atoms with E-state index in [9.17, 15) is 5.11 Å². The van der Waals surface area contributed by atoms with Crippen LogP contribution in [0.25, 0.3) is 0 Å². The fourth-order valence-corrected chi connectivity index (χ4v) is 3.43. The lowest BCUT2D eigenvalue weighted by Crippen LogP contribution is -2.25. The molecular weight excluding hydrogens is 306 g/mol. The molecule has 0 heterocycles. The zero-order chi connectivity index (χ0) is 17.9. The van der Waals surface area contributed by atoms with Gasteiger partial charge in [0.25, 0.3) is 0 Å². The molecule has 25 heavy (non-hydrogen) atoms. The number of aliphatic imine (C=N–C) groups is 1. The monoisotopic (exact) mass is 329 g/mol. The number of rotatable bonds is 4. The van der Waals surface area contributed by atoms with E-state index >= 15 is 0 Å². The van der Waals surface area contributed by atoms with Crippen molar-refractivity contribution in [2.75, 3.05) is 7.05 Å². The zero-order valence-electron chi connectivity index (χ0n) is 14.9. The smallest absolute Gasteiger partial charge is 0.129 e. The molecule has 0 fully saturated rings. The minimum absolute atomic E-state index is 0.292. The number of hydrogen-bond donors (Lipinski definition) is 1. The van der Waals surface area contributed by atoms with Gasteiger partial charge in [-0.05, 0) is 30.5 Å². The molecule has 0 aromatic heterocycles. The third-order valence-corrected chi connectivity index (χ3v) is 4.93. The second-order valence-corrected chi connectivity index (χ2v) is 6.44. The number of aryl methyl sites for hydroxylation is 1. The third-order valence-electron chi connectivity index (χ3n) is 4.93. The van der Waals surface area contributed by atoms with Crippen molar-refractivity contribution in [2.45, 2.75) is 19.3 Å². The standard InChI is InChI=1S/C23H23NO/c1-17-14-15-21(22(25)20(17)16-24-3)23(2,18-10-6-4-7-11-18)19-12-8-5-9-13-19/h4-16,25H,1-3H3. The number of nitrogens with zero attached hydrogens (tertiary/aromatic N) is 1. The molecule has 0 saturated carbocycles. The highest BCUT2D eigenvalue weighted by Crippen LogP contribution is 2.43. The van der Waals surface area contributed by atoms with Crippen LogP contribution in [0.4, 0.5) is 0 Å². The summed E-state index contributed by atoms with van der Waals surface area (Å²) in [6.07, 6.45) is 1.73. The van der Waals surface area contributed by atoms with Gasteiger partial charge in [0.1, 0.15) is 5.75 Å². The Hall–Kier alpha value is -2.87. The van der Waals surface area contributed by atoms with Crippen LogP contribution in [0, 0.1) is 6.92 Å². The van der Waals surface area contributed by atoms with Crippen molar-refractivity contribution >= 4 is 6.21 Å². The Balaban J connectivity index is 2.33. The second-order valence-electron chi connectivity index (χ2n) is 6.44. The average Bonchev–Trinajstić information content (AvgIpc) is 2.66. The molecule has 3 aromatic rings. The molecule has 0 atom stereocenters. The van der Waals surface area contributed by atoms with E-state index in [-0.39, 0.29) is 0 Å². The van der Waals surface area contributed by atoms with Crippen molar-refractivity contribution in [3.63, 3.8) is 0 Å². The van der Waals surface area contributed by atoms with Gasteiger partial charge in [-0.3, -0.25) is 4.99 Å². The lowest BCUT2D eigenvalue weighted by Gasteiger charge is -2.33. The van der Waals surface area contributed by atoms with Crippen LogP contribution in [0.15, 0.2) is 77.8 Å². The first-order chi connectivity index (χ1) is 12.1. The van der Waals surface area contributed by atoms with E-state index in [1.807, 2.05) is 49.4 Å². The van der Waals surface area contributed by atoms with Gasteiger partial charge in [-0.25, -0.2) is 0 Å². The summed E-state index contributed by atoms with van der Waals surface area (Å²) in [7, 11) is 1.72. The van der Waals surface area contributed by atoms with Crippen molar-refractivity contribution in [3.05, 3.63) is 101 Å². The van der Waals surface area contributed by atoms with Crippen LogP contribution >= 0.6 is 0 Å². The van der Waals surface area contributed by atoms with Crippen molar-refractivity contribution in [1.82, 2.24) is 0 Å². The Morgan fingerprint density at radius 1 is 0.840 bits per heavy atom. The lowest BCUT2D eigenvalue weighted by molar-refractivity contribution is 0.456. The summed E-state index contributed by atoms with van der Waals surface area (Å²) in [4.78, 5) is 4.11. The molecule has 0 aliphatic carbocycles. The quantitative estimate of drug-likeness (QED) is 0.524. The molecule has 0 amide bonds. The molecule has 0 bridgehead atoms. The Kier molecular flexibility index (Phi) is 4.71. The molecular formula is C23H23NO. The molecule has 0 radical (unpaired) electrons. The van der Waals surface area contributed by atoms with E-state index in [2.05, 4.69) is 42.2 Å². The minimum atomic E-state index is -0.462. The van der Waals surface area contributed by atoms with Gasteiger partial charge >= 0.3 is 0 Å². The number of aromatic hydroxyl groups is 1. The fraction of sp³-hybridized carbons (Fsp3) is 0.174. The van der Waals surface area contributed by atoms with Crippen molar-refractivity contribution < 1.29 is 5.11 Å². The summed E-state index contributed by atoms with van der Waals surface area (Å²) < 4.78 is 0. The number of benzene rings is 3. The number of hydrogen-bond acceptors (Lipinski definition) is 2. The lowest BCUT2D eigenvalue weighted by atomic mass is 9.70. The van der Waals surface area contributed by atoms with Crippen LogP contribution in [0.2, 0.25) is 0 Å². The SMILES string of the molecule is CN=Cc1c(C)ccc(C(C)(c2ccccc2)c2ccccc2)c1O. The maximum Gasteiger partial charge on any atom is 0.129 e. The highest BCUT2D eigenvalue weighted by molar-refractivity contribution is 5.86. The summed E-state index contributed by atoms with van der Waals surface area (Å²) in [5.74, 6) is 0.292. The van der Waals surface area contributed by atoms with Gasteiger partial charge in [0.15, 0.2) is 0 Å². The Morgan fingerprint density at radius 2 is 1.36 bits per heavy atom. The second kappa shape index (κ2) is 6.94. The van der Waals surface area contributed by atoms with E-state index in [1.54, 1.807) is 13.3 Å². The average molecular weight is 329 g/mol. The molecule has 3 rings (SSSR count). The van der Waals surface area contributed by atoms with Gasteiger partial charge in [-0.15, -0.1) is 0 Å². The van der Waals surface area contributed by atoms with E-state index in [0.717, 1.165) is 27.8 Å². The van der Waals surface area contributed by atoms with E-state index in [4.69, 9.17) is 0 Å². The molecule has 2 nitrogen and oxygen atoms in total. The van der Waals surface area contributed by atoms with Gasteiger partial charge in [0, 0.05) is 29.8 Å². The van der Waals surface area contributed by atoms with E-state index < -0.39 is 5.41 Å². The maximum atomic E-state index is 11.1. The molecule has 0 aliphatic rings. The summed E-state index contributed by atoms with van der Waals surface area (Å²) in [6, 6.07) is 24.7. The van der Waals surface area contributed by atoms with Gasteiger partial charge in [0.2, 0.25) is 0 Å². The molecule has 0 unspecified atom stereocenters. The molecule has 126 valence electrons. The first kappa shape index (κ1) is 17.0. The van der Waals surface area contributed by atoms with Crippen LogP contribution in [-0.2, 0) is 5.41 Å². The highest BCUT2D eigenvalue weighted by Gasteiger charge is 2.34. The van der Waals surface area contributed by atoms with E-state index in [1.165, 1.54) is 0 Å². The van der Waals surface area contributed by atoms with Crippen LogP contribution in [0.3, 0.4) is 0 Å². The summed E-state index contributed by atoms with van der Waals surface area (Å²) in [5.41, 5.74) is 4.48. The minimum Gasteiger partial charge on any atom is -0.507 e. The topological polar surface area (TPSA) is 32.6 Å². The summed E-state index contributed by atoms with van der Waals surface area (Å²) in [6.45, 7) is 4.15. The highest BCUT2D eigenvalue weighted by atomic mass is 16.3. The van der Waals surface area contributed by atoms with Gasteiger partial charge in [0.05, 0.1) is 0 Å². The summed E-state index contributed by atoms with van der Waals surface area (Å²) >= 11 is 0. The molecule has 0 aliphatic heterocycles. The predicted octanol–water partition coefficient (Wildman–Crippen LogP) is 5.10. The van der Waals surface area contributed by atoms with Gasteiger partial charge in [-0.1, -0.05) is 72.8 Å². The maximum absolute atomic E-state index is 11.1. The fourth-order valence-electron chi connectivity index (χ4n) is 3.43. The third kappa shape index (κ3) is 2.96. The Morgan fingerprint density at radius 3 is 1.84 bits per heavy atom. The molecule has 3 aromatic carbocycles. The normalized spacial score (nSPS) is 11.8. The van der Waals surface area contributed by atoms with Crippen LogP contribution in [0.5, 0.6) is 5.75 Å². The van der Waals surface area contributed by atoms with Gasteiger partial charge < -0.3 is 5.11 Å². The predicted molar refractivity (Wildman–Crippen MR) is 105 cm³/mol. The molecule has 2 heteroatoms. The Bertz CT molecular complexity index is 843. The largest absolute Gasteiger partial charge is 0.507 e. The Labute approximate surface area is 149 Å². The first-order valence-electron chi connectivity index (χ1n) is 8.45. The van der Waals surface area contributed by atoms with Gasteiger partial charge in [-0.2, -0.15) is 0 Å². The zero-order valence-corrected chi connectivity index (χ0v) is 14.9. The van der Waals surface area contributed by atoms with Crippen molar-refractivity contribution in [2.24, 2.45) is 4.99 Å². The van der Waals surface area contributed by atoms with Crippen LogP contribution in [0.1, 0.15) is 34.7 Å². The molecule has 0 spiro atoms. The number of phenolic OH excluding ortho intramolecular Hbond substituents is 1. The molecule has 1 N–H and O–H groups in total. The van der Waals surface area contributed by atoms with Crippen LogP contribution in [-0.4, -0.2) is 18.4 Å². The van der Waals surface area contributed by atoms with Crippen LogP contribution < -0.4 is 0 Å². The van der Waals surface area contributed by atoms with Crippen molar-refractivity contribution in [1.29, 1.82) is 0 Å². The van der Waals surface area contributed by atoms with E-state index in [0.29, 0.717) is 5.75 Å². The first-order valence-corrected chi connectivity index (χ1v) is 8.45. The molecule has 0 saturated heterocycles. The summed E-state index contributed by atoms with van der Waals surface area (Å²) in [5, 5.41) is 11.1. The van der Waals surface area contributed by atoms with Crippen molar-refractivity contribution in [3.8, 4) is 5.75 Å². The number of phenols is 1.